The minimum Gasteiger partial charge on any atom is -0.145 e. The molecule has 1 atom stereocenters. The second-order valence-electron chi connectivity index (χ2n) is 3.76. The molecule has 0 fully saturated rings. The smallest absolute Gasteiger partial charge is 0.0520 e. The Hall–Kier alpha value is 0.0400. The Morgan fingerprint density at radius 1 is 1.40 bits per heavy atom. The number of hydrogen-bond donors (Lipinski definition) is 0. The average molecular weight is 330 g/mol. The van der Waals surface area contributed by atoms with E-state index in [0.29, 0.717) is 5.25 Å². The summed E-state index contributed by atoms with van der Waals surface area (Å²) >= 11 is 4.51. The molecule has 2 heteroatoms. The van der Waals surface area contributed by atoms with Gasteiger partial charge in [-0.15, -0.1) is 11.8 Å². The van der Waals surface area contributed by atoms with E-state index in [9.17, 15) is 0 Å². The summed E-state index contributed by atoms with van der Waals surface area (Å²) < 4.78 is 1.40. The molecule has 0 radical (unpaired) electrons. The molecule has 0 aliphatic carbocycles. The molecule has 1 aliphatic rings. The Kier molecular flexibility index (Phi) is 4.14. The van der Waals surface area contributed by atoms with Gasteiger partial charge in [0, 0.05) is 9.32 Å². The maximum atomic E-state index is 2.45. The SMILES string of the molecule is CCCC1=CCSC1c1ccccc1I. The molecule has 0 bridgehead atoms. The molecule has 1 aromatic rings. The fourth-order valence-electron chi connectivity index (χ4n) is 1.96. The minimum atomic E-state index is 0.623. The Balaban J connectivity index is 2.24. The van der Waals surface area contributed by atoms with E-state index < -0.39 is 0 Å². The van der Waals surface area contributed by atoms with Crippen LogP contribution in [0.25, 0.3) is 0 Å². The number of rotatable bonds is 3. The van der Waals surface area contributed by atoms with Crippen LogP contribution in [0.5, 0.6) is 0 Å². The van der Waals surface area contributed by atoms with Gasteiger partial charge in [-0.3, -0.25) is 0 Å². The zero-order valence-corrected chi connectivity index (χ0v) is 11.8. The van der Waals surface area contributed by atoms with Crippen molar-refractivity contribution in [3.63, 3.8) is 0 Å². The lowest BCUT2D eigenvalue weighted by molar-refractivity contribution is 0.866. The van der Waals surface area contributed by atoms with Crippen molar-refractivity contribution in [2.75, 3.05) is 5.75 Å². The molecule has 0 saturated carbocycles. The first-order valence-electron chi connectivity index (χ1n) is 5.38. The molecular weight excluding hydrogens is 315 g/mol. The van der Waals surface area contributed by atoms with E-state index >= 15 is 0 Å². The number of benzene rings is 1. The van der Waals surface area contributed by atoms with E-state index in [1.807, 2.05) is 0 Å². The van der Waals surface area contributed by atoms with Crippen LogP contribution in [0, 0.1) is 3.57 Å². The largest absolute Gasteiger partial charge is 0.145 e. The van der Waals surface area contributed by atoms with Crippen LogP contribution >= 0.6 is 34.4 Å². The molecule has 15 heavy (non-hydrogen) atoms. The second kappa shape index (κ2) is 5.39. The van der Waals surface area contributed by atoms with Crippen molar-refractivity contribution in [3.8, 4) is 0 Å². The van der Waals surface area contributed by atoms with Gasteiger partial charge in [0.15, 0.2) is 0 Å². The number of thioether (sulfide) groups is 1. The molecule has 80 valence electrons. The lowest BCUT2D eigenvalue weighted by atomic mass is 10.0. The van der Waals surface area contributed by atoms with Gasteiger partial charge in [0.25, 0.3) is 0 Å². The van der Waals surface area contributed by atoms with Crippen LogP contribution in [0.15, 0.2) is 35.9 Å². The van der Waals surface area contributed by atoms with Crippen LogP contribution in [0.1, 0.15) is 30.6 Å². The van der Waals surface area contributed by atoms with Crippen molar-refractivity contribution in [2.45, 2.75) is 25.0 Å². The fourth-order valence-corrected chi connectivity index (χ4v) is 4.19. The van der Waals surface area contributed by atoms with Crippen LogP contribution in [-0.4, -0.2) is 5.75 Å². The summed E-state index contributed by atoms with van der Waals surface area (Å²) in [6.45, 7) is 2.26. The second-order valence-corrected chi connectivity index (χ2v) is 6.06. The summed E-state index contributed by atoms with van der Waals surface area (Å²) in [5.41, 5.74) is 3.13. The summed E-state index contributed by atoms with van der Waals surface area (Å²) in [5, 5.41) is 0.623. The molecule has 1 aliphatic heterocycles. The van der Waals surface area contributed by atoms with Gasteiger partial charge in [0.05, 0.1) is 5.25 Å². The zero-order chi connectivity index (χ0) is 10.7. The molecule has 0 N–H and O–H groups in total. The highest BCUT2D eigenvalue weighted by molar-refractivity contribution is 14.1. The quantitative estimate of drug-likeness (QED) is 0.566. The van der Waals surface area contributed by atoms with Crippen molar-refractivity contribution < 1.29 is 0 Å². The van der Waals surface area contributed by atoms with Crippen molar-refractivity contribution in [1.29, 1.82) is 0 Å². The molecule has 0 nitrogen and oxygen atoms in total. The van der Waals surface area contributed by atoms with Gasteiger partial charge in [-0.05, 0) is 40.6 Å². The maximum absolute atomic E-state index is 2.45. The topological polar surface area (TPSA) is 0 Å². The van der Waals surface area contributed by atoms with Gasteiger partial charge >= 0.3 is 0 Å². The number of hydrogen-bond acceptors (Lipinski definition) is 1. The molecule has 0 saturated heterocycles. The van der Waals surface area contributed by atoms with E-state index in [4.69, 9.17) is 0 Å². The summed E-state index contributed by atoms with van der Waals surface area (Å²) in [6.07, 6.45) is 4.93. The minimum absolute atomic E-state index is 0.623. The normalized spacial score (nSPS) is 20.4. The Labute approximate surface area is 110 Å². The Morgan fingerprint density at radius 3 is 2.93 bits per heavy atom. The molecule has 0 spiro atoms. The highest BCUT2D eigenvalue weighted by atomic mass is 127. The molecule has 1 aromatic carbocycles. The summed E-state index contributed by atoms with van der Waals surface area (Å²) in [4.78, 5) is 0. The van der Waals surface area contributed by atoms with Crippen LogP contribution in [0.2, 0.25) is 0 Å². The first-order valence-corrected chi connectivity index (χ1v) is 7.50. The van der Waals surface area contributed by atoms with Crippen LogP contribution in [0.4, 0.5) is 0 Å². The van der Waals surface area contributed by atoms with Crippen molar-refractivity contribution in [3.05, 3.63) is 45.0 Å². The van der Waals surface area contributed by atoms with E-state index in [1.165, 1.54) is 27.7 Å². The van der Waals surface area contributed by atoms with E-state index in [2.05, 4.69) is 71.6 Å². The lowest BCUT2D eigenvalue weighted by Gasteiger charge is -2.15. The predicted octanol–water partition coefficient (Wildman–Crippen LogP) is 4.81. The van der Waals surface area contributed by atoms with Gasteiger partial charge in [0.2, 0.25) is 0 Å². The summed E-state index contributed by atoms with van der Waals surface area (Å²) in [7, 11) is 0. The lowest BCUT2D eigenvalue weighted by Crippen LogP contribution is -1.97. The fraction of sp³-hybridized carbons (Fsp3) is 0.385. The number of halogens is 1. The first kappa shape index (κ1) is 11.5. The van der Waals surface area contributed by atoms with Crippen LogP contribution in [0.3, 0.4) is 0 Å². The molecule has 1 heterocycles. The molecule has 0 aromatic heterocycles. The highest BCUT2D eigenvalue weighted by Crippen LogP contribution is 2.43. The van der Waals surface area contributed by atoms with E-state index in [0.717, 1.165) is 0 Å². The van der Waals surface area contributed by atoms with Gasteiger partial charge < -0.3 is 0 Å². The van der Waals surface area contributed by atoms with E-state index in [-0.39, 0.29) is 0 Å². The van der Waals surface area contributed by atoms with Crippen LogP contribution < -0.4 is 0 Å². The molecular formula is C13H15IS. The first-order chi connectivity index (χ1) is 7.33. The molecule has 1 unspecified atom stereocenters. The summed E-state index contributed by atoms with van der Waals surface area (Å²) in [5.74, 6) is 1.19. The van der Waals surface area contributed by atoms with Gasteiger partial charge in [-0.2, -0.15) is 0 Å². The third-order valence-corrected chi connectivity index (χ3v) is 4.90. The monoisotopic (exact) mass is 330 g/mol. The predicted molar refractivity (Wildman–Crippen MR) is 77.3 cm³/mol. The third-order valence-electron chi connectivity index (χ3n) is 2.67. The summed E-state index contributed by atoms with van der Waals surface area (Å²) in [6, 6.07) is 8.75. The molecule has 2 rings (SSSR count). The zero-order valence-electron chi connectivity index (χ0n) is 8.87. The highest BCUT2D eigenvalue weighted by Gasteiger charge is 2.22. The molecule has 0 amide bonds. The third kappa shape index (κ3) is 2.59. The Bertz CT molecular complexity index is 371. The van der Waals surface area contributed by atoms with Crippen LogP contribution in [-0.2, 0) is 0 Å². The Morgan fingerprint density at radius 2 is 2.20 bits per heavy atom. The van der Waals surface area contributed by atoms with Crippen molar-refractivity contribution >= 4 is 34.4 Å². The standard InChI is InChI=1S/C13H15IS/c1-2-5-10-8-9-15-13(10)11-6-3-4-7-12(11)14/h3-4,6-8,13H,2,5,9H2,1H3. The van der Waals surface area contributed by atoms with E-state index in [1.54, 1.807) is 5.57 Å². The average Bonchev–Trinajstić information content (AvgIpc) is 2.67. The van der Waals surface area contributed by atoms with Crippen molar-refractivity contribution in [2.24, 2.45) is 0 Å². The maximum Gasteiger partial charge on any atom is 0.0520 e. The van der Waals surface area contributed by atoms with Gasteiger partial charge in [-0.1, -0.05) is 43.2 Å². The van der Waals surface area contributed by atoms with Gasteiger partial charge in [-0.25, -0.2) is 0 Å². The van der Waals surface area contributed by atoms with Gasteiger partial charge in [0.1, 0.15) is 0 Å². The van der Waals surface area contributed by atoms with Crippen molar-refractivity contribution in [1.82, 2.24) is 0 Å².